The van der Waals surface area contributed by atoms with E-state index in [0.29, 0.717) is 43.8 Å². The Morgan fingerprint density at radius 3 is 2.33 bits per heavy atom. The van der Waals surface area contributed by atoms with Crippen LogP contribution >= 0.6 is 0 Å². The molecule has 2 fully saturated rings. The van der Waals surface area contributed by atoms with Gasteiger partial charge in [0, 0.05) is 50.0 Å². The second-order valence-electron chi connectivity index (χ2n) is 11.1. The number of anilines is 1. The maximum atomic E-state index is 12.9. The number of morpholine rings is 1. The molecule has 0 saturated carbocycles. The number of rotatable bonds is 10. The molecule has 212 valence electrons. The Morgan fingerprint density at radius 2 is 1.67 bits per heavy atom. The molecule has 2 aromatic rings. The van der Waals surface area contributed by atoms with Crippen molar-refractivity contribution in [3.05, 3.63) is 65.2 Å². The number of benzene rings is 2. The highest BCUT2D eigenvalue weighted by atomic mass is 16.5. The summed E-state index contributed by atoms with van der Waals surface area (Å²) in [5, 5.41) is 3.07. The van der Waals surface area contributed by atoms with E-state index in [2.05, 4.69) is 43.1 Å². The maximum Gasteiger partial charge on any atom is 0.320 e. The zero-order valence-electron chi connectivity index (χ0n) is 24.0. The van der Waals surface area contributed by atoms with Gasteiger partial charge in [0.25, 0.3) is 5.91 Å². The Hall–Kier alpha value is -2.90. The van der Waals surface area contributed by atoms with Crippen molar-refractivity contribution >= 4 is 17.6 Å². The molecule has 2 aliphatic rings. The lowest BCUT2D eigenvalue weighted by atomic mass is 9.95. The number of nitrogens with zero attached hydrogens (tertiary/aromatic N) is 3. The van der Waals surface area contributed by atoms with E-state index in [0.717, 1.165) is 64.0 Å². The van der Waals surface area contributed by atoms with Gasteiger partial charge >= 0.3 is 6.03 Å². The smallest absolute Gasteiger partial charge is 0.320 e. The molecule has 2 saturated heterocycles. The first-order chi connectivity index (χ1) is 19.0. The molecule has 7 heteroatoms. The highest BCUT2D eigenvalue weighted by Crippen LogP contribution is 2.23. The molecule has 1 N–H and O–H groups in total. The number of ether oxygens (including phenoxy) is 1. The number of piperidine rings is 1. The largest absolute Gasteiger partial charge is 0.378 e. The first-order valence-electron chi connectivity index (χ1n) is 14.8. The molecule has 1 atom stereocenters. The van der Waals surface area contributed by atoms with Gasteiger partial charge in [0.15, 0.2) is 0 Å². The highest BCUT2D eigenvalue weighted by molar-refractivity contribution is 6.04. The standard InChI is InChI=1S/C32H46N4O3/c1-4-15-36(24-27-13-16-34(17-14-27)32(38)35-18-20-39-21-19-35)25(3)22-28-7-6-8-30(23-28)33-31(37)29-11-9-26(5-2)10-12-29/h6-12,23,25,27H,4-5,13-22,24H2,1-3H3,(H,33,37). The molecular formula is C32H46N4O3. The molecule has 0 aliphatic carbocycles. The summed E-state index contributed by atoms with van der Waals surface area (Å²) in [6.07, 6.45) is 5.13. The predicted molar refractivity (Wildman–Crippen MR) is 157 cm³/mol. The fourth-order valence-corrected chi connectivity index (χ4v) is 5.71. The molecule has 0 aromatic heterocycles. The summed E-state index contributed by atoms with van der Waals surface area (Å²) in [5.74, 6) is 0.534. The van der Waals surface area contributed by atoms with Crippen LogP contribution < -0.4 is 5.32 Å². The summed E-state index contributed by atoms with van der Waals surface area (Å²) in [6.45, 7) is 13.2. The Bertz CT molecular complexity index is 1060. The van der Waals surface area contributed by atoms with Gasteiger partial charge < -0.3 is 24.8 Å². The fraction of sp³-hybridized carbons (Fsp3) is 0.562. The zero-order valence-corrected chi connectivity index (χ0v) is 24.0. The Balaban J connectivity index is 1.29. The summed E-state index contributed by atoms with van der Waals surface area (Å²) in [7, 11) is 0. The molecule has 2 heterocycles. The van der Waals surface area contributed by atoms with Crippen molar-refractivity contribution in [2.45, 2.75) is 58.9 Å². The third kappa shape index (κ3) is 8.29. The third-order valence-electron chi connectivity index (χ3n) is 8.13. The first kappa shape index (κ1) is 29.1. The summed E-state index contributed by atoms with van der Waals surface area (Å²) in [4.78, 5) is 32.2. The predicted octanol–water partition coefficient (Wildman–Crippen LogP) is 5.31. The SMILES string of the molecule is CCCN(CC1CCN(C(=O)N2CCOCC2)CC1)C(C)Cc1cccc(NC(=O)c2ccc(CC)cc2)c1. The van der Waals surface area contributed by atoms with E-state index >= 15 is 0 Å². The number of hydrogen-bond donors (Lipinski definition) is 1. The van der Waals surface area contributed by atoms with E-state index in [1.165, 1.54) is 11.1 Å². The lowest BCUT2D eigenvalue weighted by Crippen LogP contribution is -2.51. The van der Waals surface area contributed by atoms with E-state index in [1.807, 2.05) is 46.2 Å². The lowest BCUT2D eigenvalue weighted by Gasteiger charge is -2.39. The highest BCUT2D eigenvalue weighted by Gasteiger charge is 2.29. The number of amides is 3. The van der Waals surface area contributed by atoms with Gasteiger partial charge in [-0.15, -0.1) is 0 Å². The molecule has 4 rings (SSSR count). The molecular weight excluding hydrogens is 488 g/mol. The molecule has 1 unspecified atom stereocenters. The summed E-state index contributed by atoms with van der Waals surface area (Å²) in [6, 6.07) is 16.6. The van der Waals surface area contributed by atoms with Crippen LogP contribution in [-0.2, 0) is 17.6 Å². The number of hydrogen-bond acceptors (Lipinski definition) is 4. The lowest BCUT2D eigenvalue weighted by molar-refractivity contribution is 0.0386. The van der Waals surface area contributed by atoms with Crippen molar-refractivity contribution in [2.75, 3.05) is 57.8 Å². The quantitative estimate of drug-likeness (QED) is 0.449. The van der Waals surface area contributed by atoms with Gasteiger partial charge in [-0.2, -0.15) is 0 Å². The van der Waals surface area contributed by atoms with Crippen LogP contribution in [0.4, 0.5) is 10.5 Å². The monoisotopic (exact) mass is 534 g/mol. The Morgan fingerprint density at radius 1 is 0.974 bits per heavy atom. The van der Waals surface area contributed by atoms with E-state index in [1.54, 1.807) is 0 Å². The van der Waals surface area contributed by atoms with Gasteiger partial charge in [0.2, 0.25) is 0 Å². The number of nitrogens with one attached hydrogen (secondary N) is 1. The number of carbonyl (C=O) groups is 2. The zero-order chi connectivity index (χ0) is 27.6. The van der Waals surface area contributed by atoms with Gasteiger partial charge in [-0.05, 0) is 86.9 Å². The van der Waals surface area contributed by atoms with E-state index < -0.39 is 0 Å². The fourth-order valence-electron chi connectivity index (χ4n) is 5.71. The normalized spacial score (nSPS) is 17.3. The van der Waals surface area contributed by atoms with Crippen molar-refractivity contribution in [3.63, 3.8) is 0 Å². The van der Waals surface area contributed by atoms with Crippen LogP contribution in [0.1, 0.15) is 61.5 Å². The number of likely N-dealkylation sites (tertiary alicyclic amines) is 1. The summed E-state index contributed by atoms with van der Waals surface area (Å²) in [5.41, 5.74) is 3.97. The minimum absolute atomic E-state index is 0.0751. The van der Waals surface area contributed by atoms with Gasteiger partial charge in [-0.3, -0.25) is 4.79 Å². The van der Waals surface area contributed by atoms with Crippen LogP contribution in [0.5, 0.6) is 0 Å². The van der Waals surface area contributed by atoms with E-state index in [-0.39, 0.29) is 11.9 Å². The van der Waals surface area contributed by atoms with E-state index in [9.17, 15) is 9.59 Å². The van der Waals surface area contributed by atoms with Gasteiger partial charge in [-0.1, -0.05) is 38.1 Å². The van der Waals surface area contributed by atoms with Crippen LogP contribution in [0.15, 0.2) is 48.5 Å². The maximum absolute atomic E-state index is 12.9. The molecule has 0 bridgehead atoms. The second kappa shape index (κ2) is 14.5. The van der Waals surface area contributed by atoms with Crippen molar-refractivity contribution in [3.8, 4) is 0 Å². The van der Waals surface area contributed by atoms with Crippen LogP contribution in [0.3, 0.4) is 0 Å². The average Bonchev–Trinajstić information content (AvgIpc) is 2.97. The third-order valence-corrected chi connectivity index (χ3v) is 8.13. The Kier molecular flexibility index (Phi) is 10.8. The molecule has 7 nitrogen and oxygen atoms in total. The van der Waals surface area contributed by atoms with Crippen molar-refractivity contribution in [2.24, 2.45) is 5.92 Å². The molecule has 2 aliphatic heterocycles. The van der Waals surface area contributed by atoms with Crippen molar-refractivity contribution < 1.29 is 14.3 Å². The summed E-state index contributed by atoms with van der Waals surface area (Å²) < 4.78 is 5.40. The molecule has 0 spiro atoms. The number of aryl methyl sites for hydroxylation is 1. The molecule has 39 heavy (non-hydrogen) atoms. The minimum Gasteiger partial charge on any atom is -0.378 e. The van der Waals surface area contributed by atoms with Crippen molar-refractivity contribution in [1.82, 2.24) is 14.7 Å². The van der Waals surface area contributed by atoms with Crippen LogP contribution in [0, 0.1) is 5.92 Å². The van der Waals surface area contributed by atoms with Crippen molar-refractivity contribution in [1.29, 1.82) is 0 Å². The van der Waals surface area contributed by atoms with Gasteiger partial charge in [-0.25, -0.2) is 4.79 Å². The van der Waals surface area contributed by atoms with Crippen LogP contribution in [0.2, 0.25) is 0 Å². The molecule has 0 radical (unpaired) electrons. The van der Waals surface area contributed by atoms with Gasteiger partial charge in [0.05, 0.1) is 13.2 Å². The number of carbonyl (C=O) groups excluding carboxylic acids is 2. The average molecular weight is 535 g/mol. The molecule has 3 amide bonds. The number of urea groups is 1. The second-order valence-corrected chi connectivity index (χ2v) is 11.1. The van der Waals surface area contributed by atoms with Gasteiger partial charge in [0.1, 0.15) is 0 Å². The topological polar surface area (TPSA) is 65.1 Å². The van der Waals surface area contributed by atoms with Crippen LogP contribution in [-0.4, -0.2) is 85.2 Å². The first-order valence-corrected chi connectivity index (χ1v) is 14.8. The Labute approximate surface area is 234 Å². The van der Waals surface area contributed by atoms with Crippen LogP contribution in [0.25, 0.3) is 0 Å². The van der Waals surface area contributed by atoms with E-state index in [4.69, 9.17) is 4.74 Å². The minimum atomic E-state index is -0.0751. The summed E-state index contributed by atoms with van der Waals surface area (Å²) >= 11 is 0. The molecule has 2 aromatic carbocycles.